The van der Waals surface area contributed by atoms with Gasteiger partial charge in [-0.15, -0.1) is 13.2 Å². The van der Waals surface area contributed by atoms with Gasteiger partial charge in [0.25, 0.3) is 0 Å². The maximum atomic E-state index is 9.64. The summed E-state index contributed by atoms with van der Waals surface area (Å²) in [5.41, 5.74) is 0. The van der Waals surface area contributed by atoms with Gasteiger partial charge in [-0.1, -0.05) is 37.7 Å². The Bertz CT molecular complexity index is 206. The van der Waals surface area contributed by atoms with Crippen LogP contribution < -0.4 is 0 Å². The lowest BCUT2D eigenvalue weighted by Crippen LogP contribution is -2.32. The molecule has 0 fully saturated rings. The van der Waals surface area contributed by atoms with Crippen LogP contribution in [0.5, 0.6) is 0 Å². The third-order valence-corrected chi connectivity index (χ3v) is 2.51. The van der Waals surface area contributed by atoms with Crippen molar-refractivity contribution in [2.24, 2.45) is 0 Å². The van der Waals surface area contributed by atoms with E-state index in [2.05, 4.69) is 20.1 Å². The summed E-state index contributed by atoms with van der Waals surface area (Å²) >= 11 is 5.27. The van der Waals surface area contributed by atoms with E-state index in [1.54, 1.807) is 0 Å². The van der Waals surface area contributed by atoms with Crippen molar-refractivity contribution in [2.75, 3.05) is 13.1 Å². The second-order valence-corrected chi connectivity index (χ2v) is 3.99. The second kappa shape index (κ2) is 8.62. The lowest BCUT2D eigenvalue weighted by atomic mass is 10.1. The van der Waals surface area contributed by atoms with Crippen LogP contribution in [0.3, 0.4) is 0 Å². The summed E-state index contributed by atoms with van der Waals surface area (Å²) in [6, 6.07) is 0. The Kier molecular flexibility index (Phi) is 8.24. The first kappa shape index (κ1) is 14.3. The minimum absolute atomic E-state index is 0.320. The molecule has 0 spiro atoms. The van der Waals surface area contributed by atoms with E-state index in [0.717, 1.165) is 17.8 Å². The van der Waals surface area contributed by atoms with Gasteiger partial charge in [0.05, 0.1) is 11.1 Å². The largest absolute Gasteiger partial charge is 0.393 e. The van der Waals surface area contributed by atoms with Crippen LogP contribution in [0.25, 0.3) is 0 Å². The van der Waals surface area contributed by atoms with Gasteiger partial charge in [-0.3, -0.25) is 0 Å². The van der Waals surface area contributed by atoms with E-state index in [9.17, 15) is 5.11 Å². The summed E-state index contributed by atoms with van der Waals surface area (Å²) in [5.74, 6) is 0. The Morgan fingerprint density at radius 1 is 1.40 bits per heavy atom. The van der Waals surface area contributed by atoms with Crippen molar-refractivity contribution in [2.45, 2.75) is 32.3 Å². The Labute approximate surface area is 98.3 Å². The molecule has 0 heterocycles. The second-order valence-electron chi connectivity index (χ2n) is 3.52. The summed E-state index contributed by atoms with van der Waals surface area (Å²) in [6.07, 6.45) is 5.64. The van der Waals surface area contributed by atoms with Crippen molar-refractivity contribution >= 4 is 17.2 Å². The van der Waals surface area contributed by atoms with Crippen molar-refractivity contribution in [1.29, 1.82) is 0 Å². The minimum atomic E-state index is -0.320. The van der Waals surface area contributed by atoms with Crippen molar-refractivity contribution in [3.63, 3.8) is 0 Å². The van der Waals surface area contributed by atoms with E-state index in [0.29, 0.717) is 19.5 Å². The molecular formula is C12H21NOS. The van der Waals surface area contributed by atoms with Crippen molar-refractivity contribution in [3.8, 4) is 0 Å². The molecule has 0 unspecified atom stereocenters. The average Bonchev–Trinajstić information content (AvgIpc) is 2.17. The first-order valence-electron chi connectivity index (χ1n) is 5.33. The maximum Gasteiger partial charge on any atom is 0.0810 e. The number of aliphatic hydroxyl groups excluding tert-OH is 1. The summed E-state index contributed by atoms with van der Waals surface area (Å²) in [5, 5.41) is 9.64. The molecule has 0 aliphatic carbocycles. The Balaban J connectivity index is 4.11. The molecule has 0 aromatic rings. The van der Waals surface area contributed by atoms with E-state index in [1.807, 2.05) is 17.1 Å². The summed E-state index contributed by atoms with van der Waals surface area (Å²) < 4.78 is 0. The van der Waals surface area contributed by atoms with Gasteiger partial charge in [-0.05, 0) is 6.42 Å². The van der Waals surface area contributed by atoms with Gasteiger partial charge in [0, 0.05) is 19.5 Å². The minimum Gasteiger partial charge on any atom is -0.393 e. The average molecular weight is 227 g/mol. The van der Waals surface area contributed by atoms with Crippen LogP contribution in [0.1, 0.15) is 26.2 Å². The zero-order valence-corrected chi connectivity index (χ0v) is 10.3. The van der Waals surface area contributed by atoms with Crippen LogP contribution in [0.15, 0.2) is 25.3 Å². The van der Waals surface area contributed by atoms with Gasteiger partial charge >= 0.3 is 0 Å². The number of thiocarbonyl (C=S) groups is 1. The number of nitrogens with zero attached hydrogens (tertiary/aromatic N) is 1. The molecule has 0 aromatic heterocycles. The lowest BCUT2D eigenvalue weighted by Gasteiger charge is -2.23. The van der Waals surface area contributed by atoms with Crippen LogP contribution >= 0.6 is 12.2 Å². The van der Waals surface area contributed by atoms with Gasteiger partial charge in [-0.2, -0.15) is 0 Å². The van der Waals surface area contributed by atoms with Crippen LogP contribution in [-0.4, -0.2) is 34.2 Å². The molecule has 86 valence electrons. The molecule has 0 bridgehead atoms. The summed E-state index contributed by atoms with van der Waals surface area (Å²) in [4.78, 5) is 2.78. The van der Waals surface area contributed by atoms with Gasteiger partial charge < -0.3 is 10.0 Å². The Morgan fingerprint density at radius 2 is 1.93 bits per heavy atom. The highest BCUT2D eigenvalue weighted by Crippen LogP contribution is 2.06. The highest BCUT2D eigenvalue weighted by molar-refractivity contribution is 7.80. The SMILES string of the molecule is C=CCN(CC=C)C(=S)C[C@H](O)CCC. The van der Waals surface area contributed by atoms with E-state index in [-0.39, 0.29) is 6.10 Å². The van der Waals surface area contributed by atoms with Crippen LogP contribution in [0.2, 0.25) is 0 Å². The normalized spacial score (nSPS) is 11.9. The molecule has 1 N–H and O–H groups in total. The number of hydrogen-bond acceptors (Lipinski definition) is 2. The topological polar surface area (TPSA) is 23.5 Å². The molecule has 2 nitrogen and oxygen atoms in total. The first-order chi connectivity index (χ1) is 7.15. The van der Waals surface area contributed by atoms with E-state index in [4.69, 9.17) is 12.2 Å². The maximum absolute atomic E-state index is 9.64. The smallest absolute Gasteiger partial charge is 0.0810 e. The van der Waals surface area contributed by atoms with Crippen LogP contribution in [0.4, 0.5) is 0 Å². The number of rotatable bonds is 8. The molecule has 1 atom stereocenters. The molecule has 0 aromatic carbocycles. The fourth-order valence-corrected chi connectivity index (χ4v) is 1.70. The molecule has 0 aliphatic rings. The lowest BCUT2D eigenvalue weighted by molar-refractivity contribution is 0.168. The van der Waals surface area contributed by atoms with Crippen molar-refractivity contribution < 1.29 is 5.11 Å². The molecule has 0 aliphatic heterocycles. The molecular weight excluding hydrogens is 206 g/mol. The number of aliphatic hydroxyl groups is 1. The summed E-state index contributed by atoms with van der Waals surface area (Å²) in [7, 11) is 0. The number of hydrogen-bond donors (Lipinski definition) is 1. The van der Waals surface area contributed by atoms with E-state index < -0.39 is 0 Å². The molecule has 0 rings (SSSR count). The third kappa shape index (κ3) is 6.42. The highest BCUT2D eigenvalue weighted by Gasteiger charge is 2.11. The Morgan fingerprint density at radius 3 is 2.33 bits per heavy atom. The molecule has 15 heavy (non-hydrogen) atoms. The first-order valence-corrected chi connectivity index (χ1v) is 5.74. The standard InChI is InChI=1S/C12H21NOS/c1-4-7-11(14)10-12(15)13(8-5-2)9-6-3/h5-6,11,14H,2-4,7-10H2,1H3/t11-/m1/s1. The van der Waals surface area contributed by atoms with Crippen LogP contribution in [0, 0.1) is 0 Å². The molecule has 0 saturated heterocycles. The van der Waals surface area contributed by atoms with Crippen LogP contribution in [-0.2, 0) is 0 Å². The third-order valence-electron chi connectivity index (χ3n) is 2.08. The predicted octanol–water partition coefficient (Wildman–Crippen LogP) is 2.54. The fourth-order valence-electron chi connectivity index (χ4n) is 1.36. The predicted molar refractivity (Wildman–Crippen MR) is 70.1 cm³/mol. The van der Waals surface area contributed by atoms with E-state index >= 15 is 0 Å². The van der Waals surface area contributed by atoms with Gasteiger partial charge in [0.15, 0.2) is 0 Å². The summed E-state index contributed by atoms with van der Waals surface area (Å²) in [6.45, 7) is 10.8. The Hall–Kier alpha value is -0.670. The molecule has 3 heteroatoms. The zero-order chi connectivity index (χ0) is 11.7. The van der Waals surface area contributed by atoms with Crippen molar-refractivity contribution in [1.82, 2.24) is 4.90 Å². The molecule has 0 radical (unpaired) electrons. The molecule has 0 amide bonds. The van der Waals surface area contributed by atoms with Gasteiger partial charge in [0.2, 0.25) is 0 Å². The quantitative estimate of drug-likeness (QED) is 0.509. The van der Waals surface area contributed by atoms with E-state index in [1.165, 1.54) is 0 Å². The van der Waals surface area contributed by atoms with Gasteiger partial charge in [0.1, 0.15) is 0 Å². The zero-order valence-electron chi connectivity index (χ0n) is 9.48. The van der Waals surface area contributed by atoms with Gasteiger partial charge in [-0.25, -0.2) is 0 Å². The van der Waals surface area contributed by atoms with Crippen molar-refractivity contribution in [3.05, 3.63) is 25.3 Å². The monoisotopic (exact) mass is 227 g/mol. The highest BCUT2D eigenvalue weighted by atomic mass is 32.1. The fraction of sp³-hybridized carbons (Fsp3) is 0.583. The molecule has 0 saturated carbocycles.